The number of aromatic nitrogens is 1. The van der Waals surface area contributed by atoms with Gasteiger partial charge in [-0.05, 0) is 23.3 Å². The number of nitrogens with two attached hydrogens (primary N) is 1. The maximum absolute atomic E-state index is 9.22. The Kier molecular flexibility index (Phi) is 3.58. The van der Waals surface area contributed by atoms with Gasteiger partial charge in [0.1, 0.15) is 11.9 Å². The van der Waals surface area contributed by atoms with Crippen LogP contribution < -0.4 is 10.6 Å². The highest BCUT2D eigenvalue weighted by Gasteiger charge is 2.26. The summed E-state index contributed by atoms with van der Waals surface area (Å²) in [4.78, 5) is 6.06. The summed E-state index contributed by atoms with van der Waals surface area (Å²) in [6.45, 7) is 1.12. The van der Waals surface area contributed by atoms with Gasteiger partial charge in [0, 0.05) is 19.3 Å². The predicted molar refractivity (Wildman–Crippen MR) is 84.7 cm³/mol. The van der Waals surface area contributed by atoms with E-state index in [-0.39, 0.29) is 5.82 Å². The lowest BCUT2D eigenvalue weighted by atomic mass is 10.1. The van der Waals surface area contributed by atoms with E-state index in [4.69, 9.17) is 40.5 Å². The van der Waals surface area contributed by atoms with E-state index in [1.807, 2.05) is 4.90 Å². The molecule has 7 heteroatoms. The van der Waals surface area contributed by atoms with Crippen LogP contribution in [0.1, 0.15) is 16.7 Å². The Morgan fingerprint density at radius 2 is 1.86 bits per heavy atom. The van der Waals surface area contributed by atoms with E-state index in [0.29, 0.717) is 33.7 Å². The van der Waals surface area contributed by atoms with E-state index in [0.717, 1.165) is 16.8 Å². The standard InChI is InChI=1S/C14H9Cl3N4/c15-10-1-12(17)13(2-11(10)16)21-5-7-4-20-14(19)8(3-18)9(7)6-21/h1-2,4H,5-6H2,(H2,19,20). The first kappa shape index (κ1) is 14.3. The van der Waals surface area contributed by atoms with E-state index in [1.165, 1.54) is 0 Å². The molecule has 21 heavy (non-hydrogen) atoms. The summed E-state index contributed by atoms with van der Waals surface area (Å²) in [7, 11) is 0. The molecule has 2 heterocycles. The number of hydrogen-bond acceptors (Lipinski definition) is 4. The number of fused-ring (bicyclic) bond motifs is 1. The van der Waals surface area contributed by atoms with Crippen LogP contribution in [0.15, 0.2) is 18.3 Å². The summed E-state index contributed by atoms with van der Waals surface area (Å²) in [5, 5.41) is 10.6. The number of anilines is 2. The van der Waals surface area contributed by atoms with Crippen molar-refractivity contribution in [3.63, 3.8) is 0 Å². The fraction of sp³-hybridized carbons (Fsp3) is 0.143. The van der Waals surface area contributed by atoms with Gasteiger partial charge in [-0.2, -0.15) is 5.26 Å². The van der Waals surface area contributed by atoms with E-state index in [2.05, 4.69) is 11.1 Å². The van der Waals surface area contributed by atoms with Crippen molar-refractivity contribution in [3.05, 3.63) is 50.1 Å². The highest BCUT2D eigenvalue weighted by Crippen LogP contribution is 2.39. The number of benzene rings is 1. The van der Waals surface area contributed by atoms with Gasteiger partial charge < -0.3 is 10.6 Å². The van der Waals surface area contributed by atoms with Crippen LogP contribution in [0.4, 0.5) is 11.5 Å². The maximum Gasteiger partial charge on any atom is 0.141 e. The normalized spacial score (nSPS) is 13.1. The second-order valence-corrected chi connectivity index (χ2v) is 5.93. The second-order valence-electron chi connectivity index (χ2n) is 4.71. The number of nitrogens with zero attached hydrogens (tertiary/aromatic N) is 3. The summed E-state index contributed by atoms with van der Waals surface area (Å²) in [6.07, 6.45) is 1.69. The summed E-state index contributed by atoms with van der Waals surface area (Å²) < 4.78 is 0. The molecular formula is C14H9Cl3N4. The maximum atomic E-state index is 9.22. The van der Waals surface area contributed by atoms with Crippen molar-refractivity contribution in [1.29, 1.82) is 5.26 Å². The third-order valence-corrected chi connectivity index (χ3v) is 4.48. The second kappa shape index (κ2) is 5.27. The van der Waals surface area contributed by atoms with Crippen LogP contribution in [0.2, 0.25) is 15.1 Å². The Hall–Kier alpha value is -1.67. The molecule has 2 aromatic rings. The third kappa shape index (κ3) is 2.38. The van der Waals surface area contributed by atoms with Crippen LogP contribution in [0, 0.1) is 11.3 Å². The van der Waals surface area contributed by atoms with Crippen molar-refractivity contribution in [1.82, 2.24) is 4.98 Å². The van der Waals surface area contributed by atoms with Gasteiger partial charge in [-0.15, -0.1) is 0 Å². The van der Waals surface area contributed by atoms with E-state index < -0.39 is 0 Å². The Bertz CT molecular complexity index is 783. The molecule has 0 saturated carbocycles. The van der Waals surface area contributed by atoms with Crippen molar-refractivity contribution in [2.75, 3.05) is 10.6 Å². The number of nitriles is 1. The SMILES string of the molecule is N#Cc1c(N)ncc2c1CN(c1cc(Cl)c(Cl)cc1Cl)C2. The molecule has 0 saturated heterocycles. The van der Waals surface area contributed by atoms with Crippen LogP contribution in [0.3, 0.4) is 0 Å². The van der Waals surface area contributed by atoms with Gasteiger partial charge in [-0.25, -0.2) is 4.98 Å². The van der Waals surface area contributed by atoms with Gasteiger partial charge in [0.15, 0.2) is 0 Å². The monoisotopic (exact) mass is 338 g/mol. The summed E-state index contributed by atoms with van der Waals surface area (Å²) >= 11 is 18.2. The molecule has 2 N–H and O–H groups in total. The first-order chi connectivity index (χ1) is 10.0. The molecule has 0 aliphatic carbocycles. The minimum Gasteiger partial charge on any atom is -0.383 e. The van der Waals surface area contributed by atoms with Gasteiger partial charge in [0.05, 0.1) is 26.3 Å². The number of nitrogen functional groups attached to an aromatic ring is 1. The fourth-order valence-electron chi connectivity index (χ4n) is 2.42. The molecule has 4 nitrogen and oxygen atoms in total. The van der Waals surface area contributed by atoms with Crippen molar-refractivity contribution in [2.45, 2.75) is 13.1 Å². The van der Waals surface area contributed by atoms with Crippen molar-refractivity contribution in [3.8, 4) is 6.07 Å². The molecule has 0 amide bonds. The number of halogens is 3. The lowest BCUT2D eigenvalue weighted by Crippen LogP contribution is -2.15. The highest BCUT2D eigenvalue weighted by molar-refractivity contribution is 6.44. The molecule has 0 atom stereocenters. The van der Waals surface area contributed by atoms with Gasteiger partial charge >= 0.3 is 0 Å². The van der Waals surface area contributed by atoms with Crippen LogP contribution in [0.25, 0.3) is 0 Å². The third-order valence-electron chi connectivity index (χ3n) is 3.46. The predicted octanol–water partition coefficient (Wildman–Crippen LogP) is 4.02. The topological polar surface area (TPSA) is 65.9 Å². The molecule has 0 spiro atoms. The van der Waals surface area contributed by atoms with Gasteiger partial charge in [-0.1, -0.05) is 34.8 Å². The van der Waals surface area contributed by atoms with Gasteiger partial charge in [0.25, 0.3) is 0 Å². The summed E-state index contributed by atoms with van der Waals surface area (Å²) in [5.41, 5.74) is 8.78. The highest BCUT2D eigenvalue weighted by atomic mass is 35.5. The number of pyridine rings is 1. The van der Waals surface area contributed by atoms with Crippen LogP contribution in [-0.2, 0) is 13.1 Å². The minimum absolute atomic E-state index is 0.248. The largest absolute Gasteiger partial charge is 0.383 e. The van der Waals surface area contributed by atoms with Crippen molar-refractivity contribution >= 4 is 46.3 Å². The molecule has 0 bridgehead atoms. The fourth-order valence-corrected chi connectivity index (χ4v) is 3.08. The quantitative estimate of drug-likeness (QED) is 0.797. The molecule has 3 rings (SSSR count). The molecular weight excluding hydrogens is 331 g/mol. The zero-order valence-electron chi connectivity index (χ0n) is 10.7. The molecule has 0 fully saturated rings. The van der Waals surface area contributed by atoms with Gasteiger partial charge in [0.2, 0.25) is 0 Å². The van der Waals surface area contributed by atoms with Gasteiger partial charge in [-0.3, -0.25) is 0 Å². The first-order valence-corrected chi connectivity index (χ1v) is 7.20. The first-order valence-electron chi connectivity index (χ1n) is 6.07. The molecule has 1 aliphatic rings. The average molecular weight is 340 g/mol. The number of rotatable bonds is 1. The minimum atomic E-state index is 0.248. The van der Waals surface area contributed by atoms with E-state index in [1.54, 1.807) is 18.3 Å². The van der Waals surface area contributed by atoms with Crippen molar-refractivity contribution in [2.24, 2.45) is 0 Å². The van der Waals surface area contributed by atoms with E-state index in [9.17, 15) is 5.26 Å². The van der Waals surface area contributed by atoms with Crippen LogP contribution >= 0.6 is 34.8 Å². The van der Waals surface area contributed by atoms with Crippen LogP contribution in [-0.4, -0.2) is 4.98 Å². The van der Waals surface area contributed by atoms with Crippen LogP contribution in [0.5, 0.6) is 0 Å². The molecule has 106 valence electrons. The molecule has 1 aromatic heterocycles. The zero-order valence-corrected chi connectivity index (χ0v) is 13.0. The zero-order chi connectivity index (χ0) is 15.1. The Labute approximate surface area is 136 Å². The Morgan fingerprint density at radius 1 is 1.14 bits per heavy atom. The average Bonchev–Trinajstić information content (AvgIpc) is 2.86. The lowest BCUT2D eigenvalue weighted by Gasteiger charge is -2.20. The molecule has 0 unspecified atom stereocenters. The number of hydrogen-bond donors (Lipinski definition) is 1. The lowest BCUT2D eigenvalue weighted by molar-refractivity contribution is 0.879. The summed E-state index contributed by atoms with van der Waals surface area (Å²) in [6, 6.07) is 5.44. The Morgan fingerprint density at radius 3 is 2.57 bits per heavy atom. The Balaban J connectivity index is 2.03. The van der Waals surface area contributed by atoms with E-state index >= 15 is 0 Å². The summed E-state index contributed by atoms with van der Waals surface area (Å²) in [5.74, 6) is 0.248. The molecule has 1 aromatic carbocycles. The molecule has 1 aliphatic heterocycles. The molecule has 0 radical (unpaired) electrons. The van der Waals surface area contributed by atoms with Crippen molar-refractivity contribution < 1.29 is 0 Å². The smallest absolute Gasteiger partial charge is 0.141 e.